The largest absolute Gasteiger partial charge is 0.382 e. The zero-order valence-electron chi connectivity index (χ0n) is 14.0. The zero-order valence-corrected chi connectivity index (χ0v) is 14.0. The van der Waals surface area contributed by atoms with Crippen molar-refractivity contribution in [3.63, 3.8) is 0 Å². The van der Waals surface area contributed by atoms with Crippen LogP contribution in [-0.2, 0) is 4.74 Å². The van der Waals surface area contributed by atoms with Crippen LogP contribution in [0.2, 0.25) is 0 Å². The number of rotatable bonds is 3. The van der Waals surface area contributed by atoms with Crippen molar-refractivity contribution in [3.05, 3.63) is 30.4 Å². The highest BCUT2D eigenvalue weighted by atomic mass is 16.5. The second kappa shape index (κ2) is 6.45. The number of morpholine rings is 1. The Morgan fingerprint density at radius 1 is 1.42 bits per heavy atom. The van der Waals surface area contributed by atoms with E-state index in [1.165, 1.54) is 4.68 Å². The van der Waals surface area contributed by atoms with Gasteiger partial charge >= 0.3 is 0 Å². The highest BCUT2D eigenvalue weighted by Gasteiger charge is 2.21. The standard InChI is InChI=1S/C17H22N6O/c1-4-12(5-2)13-10-14(22-6-8-24-9-7-22)20-17-15(13)16(19)21-23(17)11(3)18/h4-5,10,18H,1,6-9H2,2-3H3,(H2,19,21)/b12-5+,18-11?. The van der Waals surface area contributed by atoms with Crippen molar-refractivity contribution in [1.82, 2.24) is 14.8 Å². The summed E-state index contributed by atoms with van der Waals surface area (Å²) in [5, 5.41) is 13.0. The van der Waals surface area contributed by atoms with E-state index in [2.05, 4.69) is 16.6 Å². The summed E-state index contributed by atoms with van der Waals surface area (Å²) in [6.45, 7) is 10.4. The van der Waals surface area contributed by atoms with Gasteiger partial charge in [-0.25, -0.2) is 4.98 Å². The third kappa shape index (κ3) is 2.67. The number of aromatic nitrogens is 3. The van der Waals surface area contributed by atoms with Crippen molar-refractivity contribution in [3.8, 4) is 0 Å². The van der Waals surface area contributed by atoms with Crippen LogP contribution < -0.4 is 10.6 Å². The van der Waals surface area contributed by atoms with Gasteiger partial charge in [0.1, 0.15) is 11.7 Å². The highest BCUT2D eigenvalue weighted by molar-refractivity contribution is 6.03. The molecule has 0 atom stereocenters. The van der Waals surface area contributed by atoms with Gasteiger partial charge in [-0.15, -0.1) is 5.10 Å². The molecule has 0 radical (unpaired) electrons. The molecular formula is C17H22N6O. The van der Waals surface area contributed by atoms with E-state index in [1.807, 2.05) is 19.1 Å². The van der Waals surface area contributed by atoms with Gasteiger partial charge in [-0.3, -0.25) is 5.41 Å². The van der Waals surface area contributed by atoms with Gasteiger partial charge in [0.05, 0.1) is 18.6 Å². The Kier molecular flexibility index (Phi) is 4.35. The number of anilines is 2. The molecule has 1 aliphatic heterocycles. The molecule has 1 aliphatic rings. The van der Waals surface area contributed by atoms with E-state index >= 15 is 0 Å². The van der Waals surface area contributed by atoms with Gasteiger partial charge in [0, 0.05) is 13.1 Å². The summed E-state index contributed by atoms with van der Waals surface area (Å²) in [5.74, 6) is 1.48. The number of fused-ring (bicyclic) bond motifs is 1. The molecule has 0 spiro atoms. The van der Waals surface area contributed by atoms with Crippen LogP contribution in [0.4, 0.5) is 11.6 Å². The lowest BCUT2D eigenvalue weighted by Gasteiger charge is -2.28. The van der Waals surface area contributed by atoms with E-state index < -0.39 is 0 Å². The van der Waals surface area contributed by atoms with Crippen LogP contribution in [-0.4, -0.2) is 46.9 Å². The first-order chi connectivity index (χ1) is 11.6. The Bertz CT molecular complexity index is 829. The van der Waals surface area contributed by atoms with E-state index in [1.54, 1.807) is 13.0 Å². The first-order valence-electron chi connectivity index (χ1n) is 7.93. The summed E-state index contributed by atoms with van der Waals surface area (Å²) in [6.07, 6.45) is 3.78. The number of nitrogens with two attached hydrogens (primary N) is 1. The predicted molar refractivity (Wildman–Crippen MR) is 97.6 cm³/mol. The van der Waals surface area contributed by atoms with Crippen LogP contribution in [0, 0.1) is 5.41 Å². The molecule has 1 saturated heterocycles. The average Bonchev–Trinajstić information content (AvgIpc) is 2.94. The molecule has 0 aliphatic carbocycles. The maximum Gasteiger partial charge on any atom is 0.169 e. The lowest BCUT2D eigenvalue weighted by atomic mass is 10.0. The fourth-order valence-corrected chi connectivity index (χ4v) is 2.93. The van der Waals surface area contributed by atoms with Crippen molar-refractivity contribution in [2.75, 3.05) is 36.9 Å². The molecule has 1 fully saturated rings. The lowest BCUT2D eigenvalue weighted by molar-refractivity contribution is 0.122. The van der Waals surface area contributed by atoms with Crippen LogP contribution in [0.5, 0.6) is 0 Å². The number of ether oxygens (including phenoxy) is 1. The molecule has 3 rings (SSSR count). The quantitative estimate of drug-likeness (QED) is 0.513. The minimum absolute atomic E-state index is 0.273. The van der Waals surface area contributed by atoms with Gasteiger partial charge < -0.3 is 15.4 Å². The number of nitrogens with one attached hydrogen (secondary N) is 1. The van der Waals surface area contributed by atoms with Gasteiger partial charge in [0.25, 0.3) is 0 Å². The molecule has 0 saturated carbocycles. The Labute approximate surface area is 140 Å². The molecule has 24 heavy (non-hydrogen) atoms. The van der Waals surface area contributed by atoms with Crippen LogP contribution >= 0.6 is 0 Å². The summed E-state index contributed by atoms with van der Waals surface area (Å²) in [4.78, 5) is 6.92. The van der Waals surface area contributed by atoms with E-state index in [9.17, 15) is 0 Å². The minimum Gasteiger partial charge on any atom is -0.382 e. The molecule has 3 N–H and O–H groups in total. The normalized spacial score (nSPS) is 15.8. The van der Waals surface area contributed by atoms with Crippen LogP contribution in [0.25, 0.3) is 16.6 Å². The molecule has 3 heterocycles. The fraction of sp³-hybridized carbons (Fsp3) is 0.353. The van der Waals surface area contributed by atoms with E-state index in [0.29, 0.717) is 24.7 Å². The number of pyridine rings is 1. The summed E-state index contributed by atoms with van der Waals surface area (Å²) < 4.78 is 6.91. The molecule has 0 unspecified atom stereocenters. The lowest BCUT2D eigenvalue weighted by Crippen LogP contribution is -2.36. The third-order valence-electron chi connectivity index (χ3n) is 4.15. The average molecular weight is 326 g/mol. The molecule has 2 aromatic rings. The second-order valence-corrected chi connectivity index (χ2v) is 5.66. The summed E-state index contributed by atoms with van der Waals surface area (Å²) in [6, 6.07) is 2.02. The predicted octanol–water partition coefficient (Wildman–Crippen LogP) is 2.28. The van der Waals surface area contributed by atoms with Crippen LogP contribution in [0.3, 0.4) is 0 Å². The van der Waals surface area contributed by atoms with Crippen LogP contribution in [0.1, 0.15) is 19.4 Å². The highest BCUT2D eigenvalue weighted by Crippen LogP contribution is 2.32. The topological polar surface area (TPSA) is 93.0 Å². The Balaban J connectivity index is 2.29. The molecule has 0 aromatic carbocycles. The zero-order chi connectivity index (χ0) is 17.3. The van der Waals surface area contributed by atoms with E-state index in [4.69, 9.17) is 20.9 Å². The van der Waals surface area contributed by atoms with Crippen molar-refractivity contribution < 1.29 is 4.74 Å². The number of hydrogen-bond donors (Lipinski definition) is 2. The van der Waals surface area contributed by atoms with Gasteiger partial charge in [0.15, 0.2) is 11.5 Å². The fourth-order valence-electron chi connectivity index (χ4n) is 2.93. The van der Waals surface area contributed by atoms with Crippen molar-refractivity contribution in [2.24, 2.45) is 0 Å². The van der Waals surface area contributed by atoms with Crippen LogP contribution in [0.15, 0.2) is 24.8 Å². The van der Waals surface area contributed by atoms with Crippen molar-refractivity contribution >= 4 is 34.1 Å². The van der Waals surface area contributed by atoms with Crippen molar-refractivity contribution in [2.45, 2.75) is 13.8 Å². The third-order valence-corrected chi connectivity index (χ3v) is 4.15. The summed E-state index contributed by atoms with van der Waals surface area (Å²) in [7, 11) is 0. The maximum atomic E-state index is 7.95. The number of allylic oxidation sites excluding steroid dienone is 3. The Morgan fingerprint density at radius 2 is 2.12 bits per heavy atom. The number of nitrogen functional groups attached to an aromatic ring is 1. The molecular weight excluding hydrogens is 304 g/mol. The SMILES string of the molecule is C=C/C(=C\C)c1cc(N2CCOCC2)nc2c1c(N)nn2C(C)=N. The first-order valence-corrected chi connectivity index (χ1v) is 7.93. The molecule has 2 aromatic heterocycles. The minimum atomic E-state index is 0.273. The summed E-state index contributed by atoms with van der Waals surface area (Å²) in [5.41, 5.74) is 8.62. The molecule has 7 nitrogen and oxygen atoms in total. The monoisotopic (exact) mass is 326 g/mol. The van der Waals surface area contributed by atoms with Crippen molar-refractivity contribution in [1.29, 1.82) is 5.41 Å². The van der Waals surface area contributed by atoms with E-state index in [0.717, 1.165) is 35.4 Å². The molecule has 7 heteroatoms. The number of nitrogens with zero attached hydrogens (tertiary/aromatic N) is 4. The van der Waals surface area contributed by atoms with Gasteiger partial charge in [-0.1, -0.05) is 18.7 Å². The smallest absolute Gasteiger partial charge is 0.169 e. The summed E-state index contributed by atoms with van der Waals surface area (Å²) >= 11 is 0. The Hall–Kier alpha value is -2.67. The molecule has 0 bridgehead atoms. The van der Waals surface area contributed by atoms with Gasteiger partial charge in [-0.05, 0) is 31.1 Å². The van der Waals surface area contributed by atoms with Gasteiger partial charge in [0.2, 0.25) is 0 Å². The van der Waals surface area contributed by atoms with Gasteiger partial charge in [-0.2, -0.15) is 4.68 Å². The first kappa shape index (κ1) is 16.2. The molecule has 126 valence electrons. The van der Waals surface area contributed by atoms with E-state index in [-0.39, 0.29) is 5.84 Å². The second-order valence-electron chi connectivity index (χ2n) is 5.66. The number of hydrogen-bond acceptors (Lipinski definition) is 6. The Morgan fingerprint density at radius 3 is 2.71 bits per heavy atom. The maximum absolute atomic E-state index is 7.95. The molecule has 0 amide bonds.